The summed E-state index contributed by atoms with van der Waals surface area (Å²) in [6, 6.07) is 8.57. The summed E-state index contributed by atoms with van der Waals surface area (Å²) in [5, 5.41) is 0. The minimum absolute atomic E-state index is 0.330. The lowest BCUT2D eigenvalue weighted by atomic mass is 10.0. The largest absolute Gasteiger partial charge is 0.491 e. The molecule has 1 aromatic rings. The van der Waals surface area contributed by atoms with E-state index >= 15 is 0 Å². The number of ether oxygens (including phenoxy) is 2. The minimum Gasteiger partial charge on any atom is -0.491 e. The molecule has 0 N–H and O–H groups in total. The molecule has 0 aromatic heterocycles. The Balaban J connectivity index is 1.43. The zero-order valence-corrected chi connectivity index (χ0v) is 15.3. The number of rotatable bonds is 14. The van der Waals surface area contributed by atoms with Gasteiger partial charge in [-0.15, -0.1) is 0 Å². The summed E-state index contributed by atoms with van der Waals surface area (Å²) < 4.78 is 10.8. The Morgan fingerprint density at radius 3 is 2.33 bits per heavy atom. The van der Waals surface area contributed by atoms with Gasteiger partial charge >= 0.3 is 0 Å². The number of epoxide rings is 1. The van der Waals surface area contributed by atoms with Crippen LogP contribution in [0.15, 0.2) is 36.4 Å². The Bertz CT molecular complexity index is 446. The van der Waals surface area contributed by atoms with Crippen LogP contribution in [0.3, 0.4) is 0 Å². The van der Waals surface area contributed by atoms with Crippen molar-refractivity contribution in [3.8, 4) is 5.75 Å². The van der Waals surface area contributed by atoms with Crippen molar-refractivity contribution < 1.29 is 9.47 Å². The second-order valence-electron chi connectivity index (χ2n) is 6.83. The number of unbranched alkanes of at least 4 members (excludes halogenated alkanes) is 7. The van der Waals surface area contributed by atoms with Crippen molar-refractivity contribution in [2.45, 2.75) is 77.2 Å². The zero-order valence-electron chi connectivity index (χ0n) is 15.3. The molecule has 1 atom stereocenters. The highest BCUT2D eigenvalue weighted by atomic mass is 16.6. The van der Waals surface area contributed by atoms with Gasteiger partial charge in [0.2, 0.25) is 0 Å². The van der Waals surface area contributed by atoms with E-state index in [9.17, 15) is 0 Å². The van der Waals surface area contributed by atoms with Crippen LogP contribution in [0.2, 0.25) is 0 Å². The molecule has 24 heavy (non-hydrogen) atoms. The van der Waals surface area contributed by atoms with Crippen molar-refractivity contribution >= 4 is 0 Å². The normalized spacial score (nSPS) is 16.6. The van der Waals surface area contributed by atoms with Crippen LogP contribution >= 0.6 is 0 Å². The molecule has 1 aliphatic rings. The molecule has 0 bridgehead atoms. The number of hydrogen-bond donors (Lipinski definition) is 0. The average Bonchev–Trinajstić information content (AvgIpc) is 3.43. The van der Waals surface area contributed by atoms with Gasteiger partial charge in [0.25, 0.3) is 0 Å². The van der Waals surface area contributed by atoms with Crippen molar-refractivity contribution in [1.29, 1.82) is 0 Å². The zero-order chi connectivity index (χ0) is 16.9. The Morgan fingerprint density at radius 2 is 1.62 bits per heavy atom. The van der Waals surface area contributed by atoms with E-state index in [4.69, 9.17) is 9.47 Å². The van der Waals surface area contributed by atoms with Crippen LogP contribution in [-0.4, -0.2) is 19.3 Å². The molecular weight excluding hydrogens is 296 g/mol. The lowest BCUT2D eigenvalue weighted by molar-refractivity contribution is 0.263. The van der Waals surface area contributed by atoms with Gasteiger partial charge < -0.3 is 9.47 Å². The lowest BCUT2D eigenvalue weighted by Crippen LogP contribution is -2.03. The van der Waals surface area contributed by atoms with Gasteiger partial charge in [0, 0.05) is 0 Å². The quantitative estimate of drug-likeness (QED) is 0.234. The fourth-order valence-corrected chi connectivity index (χ4v) is 2.79. The fraction of sp³-hybridized carbons (Fsp3) is 0.636. The molecule has 134 valence electrons. The van der Waals surface area contributed by atoms with Gasteiger partial charge in [-0.05, 0) is 49.8 Å². The first-order valence-electron chi connectivity index (χ1n) is 9.87. The standard InChI is InChI=1S/C22H34O2/c1-2-3-4-5-6-7-8-9-10-11-12-13-20-14-16-21(17-15-20)23-18-22-19-24-22/h5-6,14-17,22H,2-4,7-13,18-19H2,1H3/b6-5+. The number of benzene rings is 1. The number of aryl methyl sites for hydroxylation is 1. The number of allylic oxidation sites excluding steroid dienone is 2. The van der Waals surface area contributed by atoms with E-state index in [1.54, 1.807) is 0 Å². The highest BCUT2D eigenvalue weighted by Gasteiger charge is 2.22. The molecule has 1 aromatic carbocycles. The molecule has 1 fully saturated rings. The Hall–Kier alpha value is -1.28. The van der Waals surface area contributed by atoms with Crippen molar-refractivity contribution in [3.63, 3.8) is 0 Å². The smallest absolute Gasteiger partial charge is 0.119 e. The topological polar surface area (TPSA) is 21.8 Å². The maximum Gasteiger partial charge on any atom is 0.119 e. The third-order valence-corrected chi connectivity index (χ3v) is 4.49. The highest BCUT2D eigenvalue weighted by Crippen LogP contribution is 2.17. The maximum absolute atomic E-state index is 5.67. The summed E-state index contributed by atoms with van der Waals surface area (Å²) in [6.07, 6.45) is 18.1. The molecule has 1 saturated heterocycles. The Labute approximate surface area is 148 Å². The molecule has 1 heterocycles. The van der Waals surface area contributed by atoms with Gasteiger partial charge in [0.05, 0.1) is 6.61 Å². The van der Waals surface area contributed by atoms with Gasteiger partial charge in [-0.2, -0.15) is 0 Å². The Morgan fingerprint density at radius 1 is 0.958 bits per heavy atom. The van der Waals surface area contributed by atoms with Crippen molar-refractivity contribution in [2.24, 2.45) is 0 Å². The monoisotopic (exact) mass is 330 g/mol. The second-order valence-corrected chi connectivity index (χ2v) is 6.83. The molecule has 2 nitrogen and oxygen atoms in total. The third-order valence-electron chi connectivity index (χ3n) is 4.49. The van der Waals surface area contributed by atoms with E-state index < -0.39 is 0 Å². The summed E-state index contributed by atoms with van der Waals surface area (Å²) in [5.74, 6) is 0.959. The molecule has 0 amide bonds. The molecular formula is C22H34O2. The van der Waals surface area contributed by atoms with E-state index in [0.717, 1.165) is 12.4 Å². The van der Waals surface area contributed by atoms with E-state index in [1.165, 1.54) is 69.8 Å². The molecule has 2 rings (SSSR count). The molecule has 0 aliphatic carbocycles. The van der Waals surface area contributed by atoms with Crippen LogP contribution in [0, 0.1) is 0 Å². The van der Waals surface area contributed by atoms with Crippen LogP contribution in [0.25, 0.3) is 0 Å². The Kier molecular flexibility index (Phi) is 9.63. The molecule has 1 aliphatic heterocycles. The predicted octanol–water partition coefficient (Wildman–Crippen LogP) is 6.09. The van der Waals surface area contributed by atoms with Gasteiger partial charge in [0.15, 0.2) is 0 Å². The maximum atomic E-state index is 5.67. The van der Waals surface area contributed by atoms with Crippen LogP contribution in [0.4, 0.5) is 0 Å². The average molecular weight is 331 g/mol. The SMILES string of the molecule is CCCC/C=C/CCCCCCCc1ccc(OCC2CO2)cc1. The first-order chi connectivity index (χ1) is 11.9. The van der Waals surface area contributed by atoms with Crippen molar-refractivity contribution in [2.75, 3.05) is 13.2 Å². The van der Waals surface area contributed by atoms with E-state index in [1.807, 2.05) is 0 Å². The second kappa shape index (κ2) is 12.1. The summed E-state index contributed by atoms with van der Waals surface area (Å²) in [4.78, 5) is 0. The first-order valence-corrected chi connectivity index (χ1v) is 9.87. The summed E-state index contributed by atoms with van der Waals surface area (Å²) in [7, 11) is 0. The molecule has 1 unspecified atom stereocenters. The molecule has 2 heteroatoms. The third kappa shape index (κ3) is 9.12. The van der Waals surface area contributed by atoms with Gasteiger partial charge in [0.1, 0.15) is 18.5 Å². The summed E-state index contributed by atoms with van der Waals surface area (Å²) in [6.45, 7) is 3.79. The van der Waals surface area contributed by atoms with Crippen LogP contribution in [0.1, 0.15) is 70.3 Å². The van der Waals surface area contributed by atoms with Gasteiger partial charge in [-0.3, -0.25) is 0 Å². The van der Waals surface area contributed by atoms with E-state index in [0.29, 0.717) is 12.7 Å². The molecule has 0 spiro atoms. The minimum atomic E-state index is 0.330. The molecule has 0 radical (unpaired) electrons. The van der Waals surface area contributed by atoms with Crippen LogP contribution in [0.5, 0.6) is 5.75 Å². The summed E-state index contributed by atoms with van der Waals surface area (Å²) in [5.41, 5.74) is 1.42. The highest BCUT2D eigenvalue weighted by molar-refractivity contribution is 5.27. The van der Waals surface area contributed by atoms with Crippen LogP contribution in [-0.2, 0) is 11.2 Å². The van der Waals surface area contributed by atoms with Crippen molar-refractivity contribution in [1.82, 2.24) is 0 Å². The van der Waals surface area contributed by atoms with E-state index in [-0.39, 0.29) is 0 Å². The molecule has 0 saturated carbocycles. The van der Waals surface area contributed by atoms with Crippen LogP contribution < -0.4 is 4.74 Å². The predicted molar refractivity (Wildman–Crippen MR) is 102 cm³/mol. The van der Waals surface area contributed by atoms with Crippen molar-refractivity contribution in [3.05, 3.63) is 42.0 Å². The first kappa shape index (κ1) is 19.1. The number of hydrogen-bond acceptors (Lipinski definition) is 2. The van der Waals surface area contributed by atoms with Gasteiger partial charge in [-0.1, -0.05) is 63.3 Å². The fourth-order valence-electron chi connectivity index (χ4n) is 2.79. The summed E-state index contributed by atoms with van der Waals surface area (Å²) >= 11 is 0. The van der Waals surface area contributed by atoms with Gasteiger partial charge in [-0.25, -0.2) is 0 Å². The van der Waals surface area contributed by atoms with E-state index in [2.05, 4.69) is 43.3 Å². The lowest BCUT2D eigenvalue weighted by Gasteiger charge is -2.06.